The first kappa shape index (κ1) is 14.6. The Balaban J connectivity index is 2.07. The third-order valence-electron chi connectivity index (χ3n) is 3.86. The average molecular weight is 327 g/mol. The van der Waals surface area contributed by atoms with Gasteiger partial charge in [0.15, 0.2) is 22.4 Å². The molecule has 0 aliphatic carbocycles. The highest BCUT2D eigenvalue weighted by Crippen LogP contribution is 2.46. The van der Waals surface area contributed by atoms with Crippen molar-refractivity contribution in [3.8, 4) is 5.75 Å². The van der Waals surface area contributed by atoms with Crippen LogP contribution in [0.1, 0.15) is 31.9 Å². The Kier molecular flexibility index (Phi) is 3.37. The quantitative estimate of drug-likeness (QED) is 0.660. The molecule has 0 saturated carbocycles. The van der Waals surface area contributed by atoms with E-state index in [1.807, 2.05) is 18.7 Å². The van der Waals surface area contributed by atoms with Crippen LogP contribution in [0, 0.1) is 5.82 Å². The Morgan fingerprint density at radius 3 is 3.05 bits per heavy atom. The molecule has 2 aliphatic heterocycles. The lowest BCUT2D eigenvalue weighted by Gasteiger charge is -2.52. The predicted molar refractivity (Wildman–Crippen MR) is 85.1 cm³/mol. The normalized spacial score (nSPS) is 26.8. The van der Waals surface area contributed by atoms with Crippen LogP contribution in [0.3, 0.4) is 0 Å². The van der Waals surface area contributed by atoms with Crippen LogP contribution in [0.25, 0.3) is 0 Å². The topological polar surface area (TPSA) is 24.5 Å². The zero-order valence-corrected chi connectivity index (χ0v) is 13.4. The third kappa shape index (κ3) is 2.38. The molecule has 0 spiro atoms. The van der Waals surface area contributed by atoms with E-state index in [1.54, 1.807) is 6.07 Å². The minimum atomic E-state index is -0.687. The Morgan fingerprint density at radius 1 is 1.67 bits per heavy atom. The van der Waals surface area contributed by atoms with E-state index in [-0.39, 0.29) is 11.8 Å². The van der Waals surface area contributed by atoms with Crippen LogP contribution >= 0.6 is 23.8 Å². The molecule has 2 aliphatic rings. The van der Waals surface area contributed by atoms with Crippen molar-refractivity contribution < 1.29 is 9.13 Å². The van der Waals surface area contributed by atoms with E-state index in [2.05, 4.69) is 11.9 Å². The van der Waals surface area contributed by atoms with Gasteiger partial charge in [-0.3, -0.25) is 0 Å². The first-order valence-corrected chi connectivity index (χ1v) is 7.49. The van der Waals surface area contributed by atoms with Crippen LogP contribution < -0.4 is 10.1 Å². The van der Waals surface area contributed by atoms with Crippen LogP contribution in [0.4, 0.5) is 4.39 Å². The molecule has 2 unspecified atom stereocenters. The van der Waals surface area contributed by atoms with Gasteiger partial charge in [-0.05, 0) is 38.2 Å². The molecule has 3 rings (SSSR count). The highest BCUT2D eigenvalue weighted by molar-refractivity contribution is 7.80. The van der Waals surface area contributed by atoms with Crippen LogP contribution in [-0.2, 0) is 0 Å². The van der Waals surface area contributed by atoms with Crippen molar-refractivity contribution in [1.82, 2.24) is 10.2 Å². The third-order valence-corrected chi connectivity index (χ3v) is 4.42. The first-order chi connectivity index (χ1) is 9.80. The van der Waals surface area contributed by atoms with Crippen molar-refractivity contribution in [2.24, 2.45) is 0 Å². The van der Waals surface area contributed by atoms with Gasteiger partial charge in [0.05, 0.1) is 6.04 Å². The summed E-state index contributed by atoms with van der Waals surface area (Å²) >= 11 is 11.4. The minimum Gasteiger partial charge on any atom is -0.465 e. The molecule has 1 N–H and O–H groups in total. The van der Waals surface area contributed by atoms with Gasteiger partial charge in [-0.15, -0.1) is 0 Å². The van der Waals surface area contributed by atoms with Gasteiger partial charge in [-0.1, -0.05) is 23.8 Å². The summed E-state index contributed by atoms with van der Waals surface area (Å²) in [5, 5.41) is 4.19. The second kappa shape index (κ2) is 4.85. The smallest absolute Gasteiger partial charge is 0.184 e. The molecule has 1 aromatic carbocycles. The van der Waals surface area contributed by atoms with E-state index < -0.39 is 11.5 Å². The van der Waals surface area contributed by atoms with E-state index in [0.717, 1.165) is 11.1 Å². The van der Waals surface area contributed by atoms with E-state index in [9.17, 15) is 4.39 Å². The molecule has 0 aromatic heterocycles. The maximum atomic E-state index is 14.2. The Bertz CT molecular complexity index is 651. The van der Waals surface area contributed by atoms with Crippen molar-refractivity contribution in [3.63, 3.8) is 0 Å². The van der Waals surface area contributed by atoms with Crippen molar-refractivity contribution >= 4 is 28.9 Å². The standard InChI is InChI=1S/C15H16ClFN2OS/c1-8(2)7-19-14(21)18-12-6-15(19,3)20-13-10(12)4-9(16)5-11(13)17/h4-5,12H,1,6-7H2,2-3H3,(H,18,21). The summed E-state index contributed by atoms with van der Waals surface area (Å²) in [4.78, 5) is 1.91. The largest absolute Gasteiger partial charge is 0.465 e. The Morgan fingerprint density at radius 2 is 2.38 bits per heavy atom. The monoisotopic (exact) mass is 326 g/mol. The number of halogens is 2. The van der Waals surface area contributed by atoms with Gasteiger partial charge in [-0.25, -0.2) is 4.39 Å². The second-order valence-electron chi connectivity index (χ2n) is 5.83. The van der Waals surface area contributed by atoms with E-state index in [1.165, 1.54) is 6.07 Å². The Hall–Kier alpha value is -1.33. The second-order valence-corrected chi connectivity index (χ2v) is 6.66. The van der Waals surface area contributed by atoms with E-state index >= 15 is 0 Å². The fraction of sp³-hybridized carbons (Fsp3) is 0.400. The van der Waals surface area contributed by atoms with Crippen LogP contribution in [0.5, 0.6) is 5.75 Å². The van der Waals surface area contributed by atoms with Crippen molar-refractivity contribution in [3.05, 3.63) is 40.7 Å². The minimum absolute atomic E-state index is 0.0965. The molecular formula is C15H16ClFN2OS. The molecule has 0 amide bonds. The SMILES string of the molecule is C=C(C)CN1C(=S)NC2CC1(C)Oc1c(F)cc(Cl)cc12. The van der Waals surface area contributed by atoms with Crippen molar-refractivity contribution in [2.75, 3.05) is 6.54 Å². The number of nitrogens with one attached hydrogen (secondary N) is 1. The molecule has 112 valence electrons. The molecule has 6 heteroatoms. The summed E-state index contributed by atoms with van der Waals surface area (Å²) in [6.07, 6.45) is 0.660. The Labute approximate surface area is 133 Å². The summed E-state index contributed by atoms with van der Waals surface area (Å²) in [6, 6.07) is 2.90. The lowest BCUT2D eigenvalue weighted by molar-refractivity contribution is -0.0667. The van der Waals surface area contributed by atoms with Gasteiger partial charge in [-0.2, -0.15) is 0 Å². The summed E-state index contributed by atoms with van der Waals surface area (Å²) in [6.45, 7) is 8.34. The van der Waals surface area contributed by atoms with Crippen LogP contribution in [0.2, 0.25) is 5.02 Å². The molecule has 2 atom stereocenters. The zero-order valence-electron chi connectivity index (χ0n) is 11.9. The molecule has 21 heavy (non-hydrogen) atoms. The van der Waals surface area contributed by atoms with Crippen molar-refractivity contribution in [2.45, 2.75) is 32.0 Å². The highest BCUT2D eigenvalue weighted by Gasteiger charge is 2.48. The highest BCUT2D eigenvalue weighted by atomic mass is 35.5. The van der Waals surface area contributed by atoms with Gasteiger partial charge in [0, 0.05) is 23.6 Å². The zero-order chi connectivity index (χ0) is 15.4. The molecule has 2 bridgehead atoms. The maximum Gasteiger partial charge on any atom is 0.184 e. The number of hydrogen-bond acceptors (Lipinski definition) is 2. The summed E-state index contributed by atoms with van der Waals surface area (Å²) < 4.78 is 20.2. The van der Waals surface area contributed by atoms with E-state index in [0.29, 0.717) is 23.1 Å². The van der Waals surface area contributed by atoms with Gasteiger partial charge in [0.1, 0.15) is 0 Å². The molecule has 0 radical (unpaired) electrons. The molecule has 1 fully saturated rings. The molecule has 3 nitrogen and oxygen atoms in total. The summed E-state index contributed by atoms with van der Waals surface area (Å²) in [7, 11) is 0. The number of benzene rings is 1. The summed E-state index contributed by atoms with van der Waals surface area (Å²) in [5.74, 6) is -0.196. The molecule has 2 heterocycles. The number of thiocarbonyl (C=S) groups is 1. The lowest BCUT2D eigenvalue weighted by atomic mass is 9.90. The van der Waals surface area contributed by atoms with Gasteiger partial charge < -0.3 is 15.0 Å². The molecule has 1 saturated heterocycles. The average Bonchev–Trinajstić information content (AvgIpc) is 2.36. The number of fused-ring (bicyclic) bond motifs is 4. The van der Waals surface area contributed by atoms with Crippen LogP contribution in [0.15, 0.2) is 24.3 Å². The van der Waals surface area contributed by atoms with Gasteiger partial charge in [0.2, 0.25) is 0 Å². The molecule has 1 aromatic rings. The first-order valence-electron chi connectivity index (χ1n) is 6.70. The number of rotatable bonds is 2. The molecular weight excluding hydrogens is 311 g/mol. The fourth-order valence-corrected chi connectivity index (χ4v) is 3.56. The number of hydrogen-bond donors (Lipinski definition) is 1. The number of nitrogens with zero attached hydrogens (tertiary/aromatic N) is 1. The van der Waals surface area contributed by atoms with Crippen molar-refractivity contribution in [1.29, 1.82) is 0 Å². The van der Waals surface area contributed by atoms with Gasteiger partial charge >= 0.3 is 0 Å². The number of ether oxygens (including phenoxy) is 1. The van der Waals surface area contributed by atoms with E-state index in [4.69, 9.17) is 28.6 Å². The van der Waals surface area contributed by atoms with Crippen LogP contribution in [-0.4, -0.2) is 22.3 Å². The maximum absolute atomic E-state index is 14.2. The fourth-order valence-electron chi connectivity index (χ4n) is 2.94. The summed E-state index contributed by atoms with van der Waals surface area (Å²) in [5.41, 5.74) is 0.993. The van der Waals surface area contributed by atoms with Gasteiger partial charge in [0.25, 0.3) is 0 Å². The predicted octanol–water partition coefficient (Wildman–Crippen LogP) is 3.79. The lowest BCUT2D eigenvalue weighted by Crippen LogP contribution is -2.64.